The SMILES string of the molecule is CCO[Si]1(OCC)C[Si](OCC)(OCC)C(CCCSC)[Si](OCC)(OCC)C1. The van der Waals surface area contributed by atoms with Gasteiger partial charge in [-0.1, -0.05) is 0 Å². The molecule has 174 valence electrons. The van der Waals surface area contributed by atoms with Gasteiger partial charge in [-0.05, 0) is 66.4 Å². The molecule has 0 unspecified atom stereocenters. The topological polar surface area (TPSA) is 55.4 Å². The van der Waals surface area contributed by atoms with Crippen molar-refractivity contribution in [2.75, 3.05) is 51.6 Å². The van der Waals surface area contributed by atoms with Crippen LogP contribution in [-0.4, -0.2) is 77.3 Å². The van der Waals surface area contributed by atoms with E-state index >= 15 is 0 Å². The van der Waals surface area contributed by atoms with E-state index in [1.807, 2.05) is 25.6 Å². The van der Waals surface area contributed by atoms with Gasteiger partial charge >= 0.3 is 25.7 Å². The third-order valence-corrected chi connectivity index (χ3v) is 24.3. The van der Waals surface area contributed by atoms with Crippen molar-refractivity contribution in [3.05, 3.63) is 0 Å². The molecule has 0 N–H and O–H groups in total. The first kappa shape index (κ1) is 27.8. The summed E-state index contributed by atoms with van der Waals surface area (Å²) in [7, 11) is -7.91. The molecule has 0 atom stereocenters. The van der Waals surface area contributed by atoms with Gasteiger partial charge in [-0.25, -0.2) is 0 Å². The largest absolute Gasteiger partial charge is 0.395 e. The fourth-order valence-corrected chi connectivity index (χ4v) is 28.9. The first-order valence-electron chi connectivity index (χ1n) is 11.3. The van der Waals surface area contributed by atoms with Gasteiger partial charge in [0.2, 0.25) is 0 Å². The fraction of sp³-hybridized carbons (Fsp3) is 1.00. The highest BCUT2D eigenvalue weighted by molar-refractivity contribution is 7.98. The maximum atomic E-state index is 6.61. The van der Waals surface area contributed by atoms with Crippen molar-refractivity contribution in [2.45, 2.75) is 70.9 Å². The Kier molecular flexibility index (Phi) is 13.4. The smallest absolute Gasteiger partial charge is 0.345 e. The molecule has 1 fully saturated rings. The summed E-state index contributed by atoms with van der Waals surface area (Å²) in [5.41, 5.74) is 1.62. The van der Waals surface area contributed by atoms with Crippen LogP contribution in [0.4, 0.5) is 0 Å². The molecule has 10 heteroatoms. The van der Waals surface area contributed by atoms with Gasteiger partial charge in [0.1, 0.15) is 0 Å². The van der Waals surface area contributed by atoms with E-state index in [2.05, 4.69) is 34.0 Å². The Bertz CT molecular complexity index is 400. The van der Waals surface area contributed by atoms with Crippen LogP contribution < -0.4 is 0 Å². The third kappa shape index (κ3) is 7.13. The van der Waals surface area contributed by atoms with Gasteiger partial charge in [0.25, 0.3) is 0 Å². The van der Waals surface area contributed by atoms with Gasteiger partial charge in [0.05, 0.1) is 0 Å². The Morgan fingerprint density at radius 2 is 1.03 bits per heavy atom. The minimum atomic E-state index is -2.67. The number of hydrogen-bond acceptors (Lipinski definition) is 7. The highest BCUT2D eigenvalue weighted by Crippen LogP contribution is 2.52. The van der Waals surface area contributed by atoms with E-state index in [1.165, 1.54) is 0 Å². The van der Waals surface area contributed by atoms with Crippen LogP contribution in [-0.2, 0) is 26.6 Å². The van der Waals surface area contributed by atoms with Crippen LogP contribution in [0, 0.1) is 0 Å². The zero-order valence-corrected chi connectivity index (χ0v) is 23.5. The molecular weight excluding hydrogens is 441 g/mol. The molecule has 0 aromatic carbocycles. The van der Waals surface area contributed by atoms with E-state index < -0.39 is 25.7 Å². The van der Waals surface area contributed by atoms with Crippen LogP contribution in [0.2, 0.25) is 16.5 Å². The van der Waals surface area contributed by atoms with E-state index in [0.717, 1.165) is 29.9 Å². The van der Waals surface area contributed by atoms with Crippen molar-refractivity contribution in [2.24, 2.45) is 0 Å². The summed E-state index contributed by atoms with van der Waals surface area (Å²) in [4.78, 5) is 0. The zero-order valence-electron chi connectivity index (χ0n) is 19.7. The molecule has 1 heterocycles. The van der Waals surface area contributed by atoms with Crippen molar-refractivity contribution < 1.29 is 26.6 Å². The van der Waals surface area contributed by atoms with Crippen LogP contribution in [0.25, 0.3) is 0 Å². The lowest BCUT2D eigenvalue weighted by Gasteiger charge is -2.53. The summed E-state index contributed by atoms with van der Waals surface area (Å²) in [6, 6.07) is 0. The first-order chi connectivity index (χ1) is 14.0. The summed E-state index contributed by atoms with van der Waals surface area (Å²) < 4.78 is 39.3. The molecule has 6 nitrogen and oxygen atoms in total. The average Bonchev–Trinajstić information content (AvgIpc) is 2.65. The molecule has 0 bridgehead atoms. The molecule has 1 aliphatic heterocycles. The van der Waals surface area contributed by atoms with Gasteiger partial charge in [-0.3, -0.25) is 0 Å². The summed E-state index contributed by atoms with van der Waals surface area (Å²) in [6.07, 6.45) is 4.31. The summed E-state index contributed by atoms with van der Waals surface area (Å²) in [5.74, 6) is 1.13. The van der Waals surface area contributed by atoms with Crippen LogP contribution >= 0.6 is 11.8 Å². The van der Waals surface area contributed by atoms with E-state index in [-0.39, 0.29) is 5.16 Å². The Morgan fingerprint density at radius 3 is 1.34 bits per heavy atom. The van der Waals surface area contributed by atoms with E-state index in [9.17, 15) is 0 Å². The van der Waals surface area contributed by atoms with E-state index in [0.29, 0.717) is 39.6 Å². The molecule has 1 aliphatic rings. The lowest BCUT2D eigenvalue weighted by molar-refractivity contribution is 0.126. The van der Waals surface area contributed by atoms with Crippen LogP contribution in [0.3, 0.4) is 0 Å². The van der Waals surface area contributed by atoms with Gasteiger partial charge in [0, 0.05) is 56.1 Å². The predicted octanol–water partition coefficient (Wildman–Crippen LogP) is 4.68. The highest BCUT2D eigenvalue weighted by Gasteiger charge is 2.71. The summed E-state index contributed by atoms with van der Waals surface area (Å²) >= 11 is 1.89. The maximum Gasteiger partial charge on any atom is 0.345 e. The molecule has 1 saturated heterocycles. The van der Waals surface area contributed by atoms with Crippen molar-refractivity contribution in [1.29, 1.82) is 0 Å². The lowest BCUT2D eigenvalue weighted by atomic mass is 10.4. The minimum Gasteiger partial charge on any atom is -0.395 e. The second kappa shape index (κ2) is 14.0. The van der Waals surface area contributed by atoms with Crippen LogP contribution in [0.5, 0.6) is 0 Å². The molecule has 1 rings (SSSR count). The monoisotopic (exact) mass is 484 g/mol. The molecule has 0 amide bonds. The maximum absolute atomic E-state index is 6.61. The van der Waals surface area contributed by atoms with Gasteiger partial charge in [0.15, 0.2) is 0 Å². The highest BCUT2D eigenvalue weighted by atomic mass is 32.2. The molecule has 0 aromatic heterocycles. The second-order valence-corrected chi connectivity index (χ2v) is 19.8. The van der Waals surface area contributed by atoms with Crippen molar-refractivity contribution >= 4 is 37.4 Å². The van der Waals surface area contributed by atoms with Crippen molar-refractivity contribution in [3.8, 4) is 0 Å². The lowest BCUT2D eigenvalue weighted by Crippen LogP contribution is -2.72. The fourth-order valence-electron chi connectivity index (χ4n) is 4.71. The van der Waals surface area contributed by atoms with Gasteiger partial charge < -0.3 is 26.6 Å². The van der Waals surface area contributed by atoms with E-state index in [1.54, 1.807) is 0 Å². The number of hydrogen-bond donors (Lipinski definition) is 0. The quantitative estimate of drug-likeness (QED) is 0.233. The number of thioether (sulfide) groups is 1. The second-order valence-electron chi connectivity index (χ2n) is 7.17. The molecule has 0 spiro atoms. The molecule has 29 heavy (non-hydrogen) atoms. The zero-order chi connectivity index (χ0) is 21.8. The van der Waals surface area contributed by atoms with Gasteiger partial charge in [-0.15, -0.1) is 0 Å². The Balaban J connectivity index is 3.56. The Labute approximate surface area is 186 Å². The molecule has 0 radical (unpaired) electrons. The van der Waals surface area contributed by atoms with Gasteiger partial charge in [-0.2, -0.15) is 11.8 Å². The standard InChI is InChI=1S/C19H44O6SSi3/c1-8-20-27(21-9-2)17-28(22-10-3,23-11-4)19(15-14-16-26-7)29(18-27,24-12-5)25-13-6/h19H,8-18H2,1-7H3. The molecular formula is C19H44O6SSi3. The summed E-state index contributed by atoms with van der Waals surface area (Å²) in [5, 5.41) is 0.225. The third-order valence-electron chi connectivity index (χ3n) is 5.30. The van der Waals surface area contributed by atoms with Crippen LogP contribution in [0.15, 0.2) is 0 Å². The normalized spacial score (nSPS) is 20.8. The van der Waals surface area contributed by atoms with E-state index in [4.69, 9.17) is 26.6 Å². The first-order valence-corrected chi connectivity index (χ1v) is 19.1. The Morgan fingerprint density at radius 1 is 0.655 bits per heavy atom. The average molecular weight is 485 g/mol. The molecule has 0 aromatic rings. The van der Waals surface area contributed by atoms with Crippen molar-refractivity contribution in [3.63, 3.8) is 0 Å². The Hall–Kier alpha value is 0.761. The number of rotatable bonds is 16. The summed E-state index contributed by atoms with van der Waals surface area (Å²) in [6.45, 7) is 16.2. The molecule has 0 aliphatic carbocycles. The minimum absolute atomic E-state index is 0.225. The predicted molar refractivity (Wildman–Crippen MR) is 128 cm³/mol. The van der Waals surface area contributed by atoms with Crippen molar-refractivity contribution in [1.82, 2.24) is 0 Å². The molecule has 0 saturated carbocycles. The van der Waals surface area contributed by atoms with Crippen LogP contribution in [0.1, 0.15) is 54.4 Å².